The molecule has 2 fully saturated rings. The van der Waals surface area contributed by atoms with Crippen LogP contribution in [0.1, 0.15) is 71.6 Å². The molecule has 0 radical (unpaired) electrons. The van der Waals surface area contributed by atoms with Gasteiger partial charge in [0.2, 0.25) is 0 Å². The molecule has 18 heavy (non-hydrogen) atoms. The fourth-order valence-electron chi connectivity index (χ4n) is 3.82. The van der Waals surface area contributed by atoms with Crippen molar-refractivity contribution in [1.29, 1.82) is 0 Å². The predicted molar refractivity (Wildman–Crippen MR) is 79.0 cm³/mol. The molecule has 1 aliphatic heterocycles. The first-order chi connectivity index (χ1) is 8.79. The first-order valence-electron chi connectivity index (χ1n) is 8.29. The summed E-state index contributed by atoms with van der Waals surface area (Å²) in [4.78, 5) is 2.81. The minimum absolute atomic E-state index is 0.403. The monoisotopic (exact) mass is 252 g/mol. The molecule has 1 aliphatic carbocycles. The van der Waals surface area contributed by atoms with Crippen LogP contribution in [0, 0.1) is 0 Å². The zero-order chi connectivity index (χ0) is 12.8. The van der Waals surface area contributed by atoms with Crippen LogP contribution in [0.3, 0.4) is 0 Å². The SMILES string of the molecule is CCC1(CC)CN(C2CCCCCCC2)CCN1. The van der Waals surface area contributed by atoms with Gasteiger partial charge in [-0.05, 0) is 25.7 Å². The van der Waals surface area contributed by atoms with E-state index in [9.17, 15) is 0 Å². The number of rotatable bonds is 3. The lowest BCUT2D eigenvalue weighted by Crippen LogP contribution is -2.61. The summed E-state index contributed by atoms with van der Waals surface area (Å²) in [5, 5.41) is 3.79. The van der Waals surface area contributed by atoms with Gasteiger partial charge in [0.25, 0.3) is 0 Å². The molecular weight excluding hydrogens is 220 g/mol. The number of nitrogens with zero attached hydrogens (tertiary/aromatic N) is 1. The summed E-state index contributed by atoms with van der Waals surface area (Å²) in [7, 11) is 0. The fourth-order valence-corrected chi connectivity index (χ4v) is 3.82. The molecule has 0 atom stereocenters. The van der Waals surface area contributed by atoms with Crippen molar-refractivity contribution >= 4 is 0 Å². The van der Waals surface area contributed by atoms with Crippen molar-refractivity contribution in [3.63, 3.8) is 0 Å². The lowest BCUT2D eigenvalue weighted by Gasteiger charge is -2.46. The molecule has 2 aliphatic rings. The molecule has 2 nitrogen and oxygen atoms in total. The van der Waals surface area contributed by atoms with Gasteiger partial charge >= 0.3 is 0 Å². The number of piperazine rings is 1. The minimum atomic E-state index is 0.403. The third-order valence-electron chi connectivity index (χ3n) is 5.35. The van der Waals surface area contributed by atoms with E-state index >= 15 is 0 Å². The Morgan fingerprint density at radius 2 is 1.61 bits per heavy atom. The summed E-state index contributed by atoms with van der Waals surface area (Å²) < 4.78 is 0. The molecule has 0 amide bonds. The maximum absolute atomic E-state index is 3.79. The first kappa shape index (κ1) is 14.3. The van der Waals surface area contributed by atoms with Crippen LogP contribution in [0.15, 0.2) is 0 Å². The molecule has 0 unspecified atom stereocenters. The largest absolute Gasteiger partial charge is 0.309 e. The van der Waals surface area contributed by atoms with Crippen LogP contribution in [-0.2, 0) is 0 Å². The average molecular weight is 252 g/mol. The second kappa shape index (κ2) is 6.91. The molecule has 106 valence electrons. The van der Waals surface area contributed by atoms with Gasteiger partial charge in [-0.15, -0.1) is 0 Å². The highest BCUT2D eigenvalue weighted by Gasteiger charge is 2.34. The molecule has 2 rings (SSSR count). The Balaban J connectivity index is 1.93. The summed E-state index contributed by atoms with van der Waals surface area (Å²) in [6.07, 6.45) is 12.8. The second-order valence-electron chi connectivity index (χ2n) is 6.38. The molecule has 1 saturated carbocycles. The fraction of sp³-hybridized carbons (Fsp3) is 1.00. The standard InChI is InChI=1S/C16H32N2/c1-3-16(4-2)14-18(13-12-17-16)15-10-8-6-5-7-9-11-15/h15,17H,3-14H2,1-2H3. The van der Waals surface area contributed by atoms with E-state index in [4.69, 9.17) is 0 Å². The molecule has 1 heterocycles. The third-order valence-corrected chi connectivity index (χ3v) is 5.35. The van der Waals surface area contributed by atoms with Gasteiger partial charge in [0.1, 0.15) is 0 Å². The normalized spacial score (nSPS) is 27.7. The van der Waals surface area contributed by atoms with E-state index in [2.05, 4.69) is 24.1 Å². The van der Waals surface area contributed by atoms with Gasteiger partial charge in [-0.2, -0.15) is 0 Å². The first-order valence-corrected chi connectivity index (χ1v) is 8.29. The van der Waals surface area contributed by atoms with Gasteiger partial charge < -0.3 is 5.32 Å². The molecule has 0 aromatic carbocycles. The lowest BCUT2D eigenvalue weighted by molar-refractivity contribution is 0.0735. The van der Waals surface area contributed by atoms with E-state index in [0.29, 0.717) is 5.54 Å². The van der Waals surface area contributed by atoms with Crippen LogP contribution >= 0.6 is 0 Å². The smallest absolute Gasteiger partial charge is 0.0304 e. The lowest BCUT2D eigenvalue weighted by atomic mass is 9.87. The van der Waals surface area contributed by atoms with Crippen molar-refractivity contribution in [1.82, 2.24) is 10.2 Å². The van der Waals surface area contributed by atoms with Gasteiger partial charge in [-0.1, -0.05) is 46.0 Å². The van der Waals surface area contributed by atoms with Gasteiger partial charge in [-0.3, -0.25) is 4.90 Å². The van der Waals surface area contributed by atoms with Crippen LogP contribution in [-0.4, -0.2) is 36.1 Å². The van der Waals surface area contributed by atoms with Crippen LogP contribution in [0.2, 0.25) is 0 Å². The van der Waals surface area contributed by atoms with Crippen molar-refractivity contribution in [2.45, 2.75) is 83.2 Å². The van der Waals surface area contributed by atoms with Crippen LogP contribution in [0.4, 0.5) is 0 Å². The van der Waals surface area contributed by atoms with E-state index in [0.717, 1.165) is 6.04 Å². The number of nitrogens with one attached hydrogen (secondary N) is 1. The summed E-state index contributed by atoms with van der Waals surface area (Å²) in [5.41, 5.74) is 0.403. The zero-order valence-corrected chi connectivity index (χ0v) is 12.5. The van der Waals surface area contributed by atoms with Gasteiger partial charge in [0.15, 0.2) is 0 Å². The van der Waals surface area contributed by atoms with Gasteiger partial charge in [0.05, 0.1) is 0 Å². The summed E-state index contributed by atoms with van der Waals surface area (Å²) in [6, 6.07) is 0.880. The Morgan fingerprint density at radius 3 is 2.22 bits per heavy atom. The van der Waals surface area contributed by atoms with E-state index in [1.807, 2.05) is 0 Å². The maximum Gasteiger partial charge on any atom is 0.0304 e. The van der Waals surface area contributed by atoms with Crippen molar-refractivity contribution < 1.29 is 0 Å². The Kier molecular flexibility index (Phi) is 5.50. The highest BCUT2D eigenvalue weighted by molar-refractivity contribution is 4.94. The molecular formula is C16H32N2. The Bertz CT molecular complexity index is 227. The third kappa shape index (κ3) is 3.48. The molecule has 0 bridgehead atoms. The van der Waals surface area contributed by atoms with Gasteiger partial charge in [0, 0.05) is 31.2 Å². The number of hydrogen-bond donors (Lipinski definition) is 1. The van der Waals surface area contributed by atoms with Crippen LogP contribution in [0.5, 0.6) is 0 Å². The van der Waals surface area contributed by atoms with Crippen LogP contribution < -0.4 is 5.32 Å². The molecule has 1 saturated heterocycles. The second-order valence-corrected chi connectivity index (χ2v) is 6.38. The predicted octanol–water partition coefficient (Wildman–Crippen LogP) is 3.56. The number of hydrogen-bond acceptors (Lipinski definition) is 2. The summed E-state index contributed by atoms with van der Waals surface area (Å²) in [6.45, 7) is 8.44. The van der Waals surface area contributed by atoms with E-state index in [1.54, 1.807) is 0 Å². The summed E-state index contributed by atoms with van der Waals surface area (Å²) >= 11 is 0. The van der Waals surface area contributed by atoms with Crippen molar-refractivity contribution in [2.75, 3.05) is 19.6 Å². The molecule has 0 aromatic heterocycles. The Hall–Kier alpha value is -0.0800. The quantitative estimate of drug-likeness (QED) is 0.826. The molecule has 1 N–H and O–H groups in total. The van der Waals surface area contributed by atoms with E-state index in [1.165, 1.54) is 77.4 Å². The highest BCUT2D eigenvalue weighted by Crippen LogP contribution is 2.26. The average Bonchev–Trinajstić information content (AvgIpc) is 2.38. The topological polar surface area (TPSA) is 15.3 Å². The van der Waals surface area contributed by atoms with Crippen molar-refractivity contribution in [3.05, 3.63) is 0 Å². The van der Waals surface area contributed by atoms with Crippen molar-refractivity contribution in [2.24, 2.45) is 0 Å². The van der Waals surface area contributed by atoms with Crippen molar-refractivity contribution in [3.8, 4) is 0 Å². The van der Waals surface area contributed by atoms with Crippen LogP contribution in [0.25, 0.3) is 0 Å². The molecule has 0 aromatic rings. The maximum atomic E-state index is 3.79. The van der Waals surface area contributed by atoms with E-state index < -0.39 is 0 Å². The minimum Gasteiger partial charge on any atom is -0.309 e. The van der Waals surface area contributed by atoms with Gasteiger partial charge in [-0.25, -0.2) is 0 Å². The molecule has 2 heteroatoms. The Morgan fingerprint density at radius 1 is 1.00 bits per heavy atom. The summed E-state index contributed by atoms with van der Waals surface area (Å²) in [5.74, 6) is 0. The zero-order valence-electron chi connectivity index (χ0n) is 12.5. The highest BCUT2D eigenvalue weighted by atomic mass is 15.2. The van der Waals surface area contributed by atoms with E-state index in [-0.39, 0.29) is 0 Å². The molecule has 0 spiro atoms. The Labute approximate surface area is 114 Å².